The summed E-state index contributed by atoms with van der Waals surface area (Å²) in [6.45, 7) is -0.681. The van der Waals surface area contributed by atoms with Gasteiger partial charge < -0.3 is 20.3 Å². The standard InChI is InChI=1S/C21H22ClF3N4O4S/c1-28(10-18(24)25)15(9-26-21(32)16-4-5-17(22)34-16)20(31)27-12-2-3-14(13(23)8-12)29-6-7-33-11-19(29)30/h2-5,8,15,18H,6-7,9-11H2,1H3,(H,26,32)(H,27,31)/t15-/m1/s1. The SMILES string of the molecule is CN(CC(F)F)[C@H](CNC(=O)c1ccc(Cl)s1)C(=O)Nc1ccc(N2CCOCC2=O)c(F)c1. The van der Waals surface area contributed by atoms with E-state index in [1.165, 1.54) is 36.2 Å². The lowest BCUT2D eigenvalue weighted by molar-refractivity contribution is -0.125. The van der Waals surface area contributed by atoms with Crippen LogP contribution < -0.4 is 15.5 Å². The maximum atomic E-state index is 14.7. The number of hydrogen-bond acceptors (Lipinski definition) is 6. The maximum Gasteiger partial charge on any atom is 0.261 e. The van der Waals surface area contributed by atoms with E-state index in [0.717, 1.165) is 22.3 Å². The Balaban J connectivity index is 1.70. The van der Waals surface area contributed by atoms with E-state index in [1.54, 1.807) is 0 Å². The molecule has 0 radical (unpaired) electrons. The zero-order valence-electron chi connectivity index (χ0n) is 18.0. The number of halogens is 4. The van der Waals surface area contributed by atoms with Crippen molar-refractivity contribution in [1.29, 1.82) is 0 Å². The fraction of sp³-hybridized carbons (Fsp3) is 0.381. The van der Waals surface area contributed by atoms with Crippen molar-refractivity contribution in [3.8, 4) is 0 Å². The molecule has 0 spiro atoms. The summed E-state index contributed by atoms with van der Waals surface area (Å²) < 4.78 is 46.0. The number of carbonyl (C=O) groups is 3. The van der Waals surface area contributed by atoms with Crippen LogP contribution in [0.15, 0.2) is 30.3 Å². The molecule has 13 heteroatoms. The fourth-order valence-electron chi connectivity index (χ4n) is 3.31. The van der Waals surface area contributed by atoms with Gasteiger partial charge in [0.15, 0.2) is 0 Å². The second-order valence-corrected chi connectivity index (χ2v) is 9.13. The highest BCUT2D eigenvalue weighted by molar-refractivity contribution is 7.18. The van der Waals surface area contributed by atoms with Crippen LogP contribution in [0, 0.1) is 5.82 Å². The van der Waals surface area contributed by atoms with Gasteiger partial charge in [-0.05, 0) is 37.4 Å². The first kappa shape index (κ1) is 25.9. The molecule has 1 aliphatic rings. The van der Waals surface area contributed by atoms with Crippen LogP contribution in [0.2, 0.25) is 4.34 Å². The Morgan fingerprint density at radius 2 is 2.06 bits per heavy atom. The first-order valence-electron chi connectivity index (χ1n) is 10.2. The molecule has 3 rings (SSSR count). The maximum absolute atomic E-state index is 14.7. The smallest absolute Gasteiger partial charge is 0.261 e. The van der Waals surface area contributed by atoms with Crippen LogP contribution >= 0.6 is 22.9 Å². The van der Waals surface area contributed by atoms with E-state index in [9.17, 15) is 27.6 Å². The van der Waals surface area contributed by atoms with Gasteiger partial charge in [-0.25, -0.2) is 13.2 Å². The summed E-state index contributed by atoms with van der Waals surface area (Å²) in [5, 5.41) is 5.02. The minimum absolute atomic E-state index is 0.0412. The van der Waals surface area contributed by atoms with Gasteiger partial charge in [-0.2, -0.15) is 0 Å². The molecule has 1 fully saturated rings. The molecule has 0 unspecified atom stereocenters. The van der Waals surface area contributed by atoms with Gasteiger partial charge in [-0.3, -0.25) is 19.3 Å². The summed E-state index contributed by atoms with van der Waals surface area (Å²) in [4.78, 5) is 39.8. The Hall–Kier alpha value is -2.67. The number of anilines is 2. The highest BCUT2D eigenvalue weighted by Crippen LogP contribution is 2.25. The van der Waals surface area contributed by atoms with Crippen LogP contribution in [-0.2, 0) is 14.3 Å². The molecule has 8 nitrogen and oxygen atoms in total. The molecule has 3 amide bonds. The van der Waals surface area contributed by atoms with Crippen LogP contribution in [0.5, 0.6) is 0 Å². The lowest BCUT2D eigenvalue weighted by Crippen LogP contribution is -2.50. The highest BCUT2D eigenvalue weighted by atomic mass is 35.5. The summed E-state index contributed by atoms with van der Waals surface area (Å²) in [6, 6.07) is 5.65. The van der Waals surface area contributed by atoms with Gasteiger partial charge in [0.25, 0.3) is 18.2 Å². The zero-order valence-corrected chi connectivity index (χ0v) is 19.6. The number of alkyl halides is 2. The van der Waals surface area contributed by atoms with Crippen molar-refractivity contribution in [3.05, 3.63) is 45.4 Å². The van der Waals surface area contributed by atoms with Crippen molar-refractivity contribution < 1.29 is 32.3 Å². The van der Waals surface area contributed by atoms with Gasteiger partial charge in [0.2, 0.25) is 5.91 Å². The number of morpholine rings is 1. The predicted octanol–water partition coefficient (Wildman–Crippen LogP) is 2.84. The van der Waals surface area contributed by atoms with Crippen LogP contribution in [0.25, 0.3) is 0 Å². The van der Waals surface area contributed by atoms with Crippen LogP contribution in [0.1, 0.15) is 9.67 Å². The molecule has 2 N–H and O–H groups in total. The van der Waals surface area contributed by atoms with Gasteiger partial charge in [0, 0.05) is 18.8 Å². The van der Waals surface area contributed by atoms with Crippen molar-refractivity contribution in [1.82, 2.24) is 10.2 Å². The molecule has 1 aromatic heterocycles. The molecule has 2 aromatic rings. The van der Waals surface area contributed by atoms with Crippen molar-refractivity contribution in [2.45, 2.75) is 12.5 Å². The van der Waals surface area contributed by atoms with E-state index < -0.39 is 42.6 Å². The lowest BCUT2D eigenvalue weighted by Gasteiger charge is -2.28. The first-order valence-corrected chi connectivity index (χ1v) is 11.4. The van der Waals surface area contributed by atoms with Crippen molar-refractivity contribution >= 4 is 52.0 Å². The van der Waals surface area contributed by atoms with Crippen LogP contribution in [-0.4, -0.2) is 75.0 Å². The molecule has 1 aliphatic heterocycles. The number of ether oxygens (including phenoxy) is 1. The van der Waals surface area contributed by atoms with E-state index in [1.807, 2.05) is 0 Å². The van der Waals surface area contributed by atoms with Crippen LogP contribution in [0.4, 0.5) is 24.5 Å². The van der Waals surface area contributed by atoms with Gasteiger partial charge in [-0.1, -0.05) is 11.6 Å². The molecule has 0 saturated carbocycles. The normalized spacial score (nSPS) is 15.0. The number of thiophene rings is 1. The molecule has 0 aliphatic carbocycles. The third-order valence-corrected chi connectivity index (χ3v) is 6.24. The number of amides is 3. The van der Waals surface area contributed by atoms with Crippen molar-refractivity contribution in [2.75, 3.05) is 50.1 Å². The van der Waals surface area contributed by atoms with Crippen molar-refractivity contribution in [2.24, 2.45) is 0 Å². The van der Waals surface area contributed by atoms with E-state index in [0.29, 0.717) is 9.21 Å². The number of rotatable bonds is 9. The number of carbonyl (C=O) groups excluding carboxylic acids is 3. The van der Waals surface area contributed by atoms with Gasteiger partial charge in [-0.15, -0.1) is 11.3 Å². The Morgan fingerprint density at radius 1 is 1.29 bits per heavy atom. The first-order chi connectivity index (χ1) is 16.2. The summed E-state index contributed by atoms with van der Waals surface area (Å²) >= 11 is 6.86. The van der Waals surface area contributed by atoms with E-state index in [2.05, 4.69) is 10.6 Å². The van der Waals surface area contributed by atoms with E-state index >= 15 is 0 Å². The average molecular weight is 519 g/mol. The molecule has 0 bridgehead atoms. The number of likely N-dealkylation sites (N-methyl/N-ethyl adjacent to an activating group) is 1. The van der Waals surface area contributed by atoms with Gasteiger partial charge in [0.1, 0.15) is 18.5 Å². The average Bonchev–Trinajstić information content (AvgIpc) is 3.20. The molecular weight excluding hydrogens is 497 g/mol. The molecule has 34 heavy (non-hydrogen) atoms. The summed E-state index contributed by atoms with van der Waals surface area (Å²) in [6.07, 6.45) is -2.71. The largest absolute Gasteiger partial charge is 0.370 e. The topological polar surface area (TPSA) is 91.0 Å². The Labute approximate surface area is 202 Å². The highest BCUT2D eigenvalue weighted by Gasteiger charge is 2.27. The number of benzene rings is 1. The minimum Gasteiger partial charge on any atom is -0.370 e. The molecular formula is C21H22ClF3N4O4S. The number of nitrogens with zero attached hydrogens (tertiary/aromatic N) is 2. The predicted molar refractivity (Wildman–Crippen MR) is 122 cm³/mol. The van der Waals surface area contributed by atoms with E-state index in [4.69, 9.17) is 16.3 Å². The van der Waals surface area contributed by atoms with Crippen LogP contribution in [0.3, 0.4) is 0 Å². The fourth-order valence-corrected chi connectivity index (χ4v) is 4.27. The Morgan fingerprint density at radius 3 is 2.68 bits per heavy atom. The Bertz CT molecular complexity index is 1050. The molecule has 1 atom stereocenters. The van der Waals surface area contributed by atoms with Gasteiger partial charge in [0.05, 0.1) is 28.1 Å². The molecule has 1 aromatic carbocycles. The van der Waals surface area contributed by atoms with Crippen molar-refractivity contribution in [3.63, 3.8) is 0 Å². The quantitative estimate of drug-likeness (QED) is 0.533. The molecule has 1 saturated heterocycles. The number of hydrogen-bond donors (Lipinski definition) is 2. The third kappa shape index (κ3) is 6.69. The minimum atomic E-state index is -2.71. The van der Waals surface area contributed by atoms with E-state index in [-0.39, 0.29) is 37.7 Å². The Kier molecular flexibility index (Phi) is 8.89. The summed E-state index contributed by atoms with van der Waals surface area (Å²) in [5.41, 5.74) is 0.110. The second kappa shape index (κ2) is 11.6. The monoisotopic (exact) mass is 518 g/mol. The third-order valence-electron chi connectivity index (χ3n) is 5.01. The second-order valence-electron chi connectivity index (χ2n) is 7.41. The summed E-state index contributed by atoms with van der Waals surface area (Å²) in [7, 11) is 1.32. The van der Waals surface area contributed by atoms with Gasteiger partial charge >= 0.3 is 0 Å². The number of nitrogens with one attached hydrogen (secondary N) is 2. The summed E-state index contributed by atoms with van der Waals surface area (Å²) in [5.74, 6) is -2.36. The molecule has 2 heterocycles. The zero-order chi connectivity index (χ0) is 24.8. The molecule has 184 valence electrons. The lowest BCUT2D eigenvalue weighted by atomic mass is 10.2.